The van der Waals surface area contributed by atoms with Crippen LogP contribution in [0.5, 0.6) is 0 Å². The number of aliphatic imine (C=N–C) groups is 1. The molecule has 0 radical (unpaired) electrons. The van der Waals surface area contributed by atoms with Gasteiger partial charge in [0.1, 0.15) is 0 Å². The summed E-state index contributed by atoms with van der Waals surface area (Å²) in [5, 5.41) is 4.48. The number of fused-ring (bicyclic) bond motifs is 1. The Hall–Kier alpha value is -3.07. The molecule has 0 spiro atoms. The van der Waals surface area contributed by atoms with Crippen LogP contribution < -0.4 is 5.43 Å². The predicted octanol–water partition coefficient (Wildman–Crippen LogP) is 0.135. The number of likely N-dealkylation sites (N-methyl/N-ethyl adjacent to an activating group) is 2. The number of imide groups is 1. The fourth-order valence-corrected chi connectivity index (χ4v) is 2.73. The first kappa shape index (κ1) is 17.7. The molecule has 0 saturated carbocycles. The molecule has 9 nitrogen and oxygen atoms in total. The second kappa shape index (κ2) is 7.04. The maximum Gasteiger partial charge on any atom is 0.333 e. The number of amides is 4. The Balaban J connectivity index is 1.61. The topological polar surface area (TPSA) is 97.4 Å². The highest BCUT2D eigenvalue weighted by Gasteiger charge is 2.50. The van der Waals surface area contributed by atoms with Gasteiger partial charge in [-0.05, 0) is 22.7 Å². The van der Waals surface area contributed by atoms with Crippen molar-refractivity contribution in [3.05, 3.63) is 34.9 Å². The molecule has 2 heterocycles. The van der Waals surface area contributed by atoms with Crippen molar-refractivity contribution in [3.63, 3.8) is 0 Å². The van der Waals surface area contributed by atoms with Gasteiger partial charge in [0.25, 0.3) is 30.0 Å². The minimum Gasteiger partial charge on any atom is -0.269 e. The highest BCUT2D eigenvalue weighted by atomic mass is 35.5. The van der Waals surface area contributed by atoms with Gasteiger partial charge in [-0.3, -0.25) is 19.4 Å². The number of carbonyl (C=O) groups is 3. The van der Waals surface area contributed by atoms with Gasteiger partial charge in [0.05, 0.1) is 6.21 Å². The normalized spacial score (nSPS) is 19.6. The van der Waals surface area contributed by atoms with E-state index in [4.69, 9.17) is 11.6 Å². The molecule has 1 N–H and O–H groups in total. The highest BCUT2D eigenvalue weighted by molar-refractivity contribution is 6.30. The molecule has 0 bridgehead atoms. The lowest BCUT2D eigenvalue weighted by atomic mass is 10.1. The Bertz CT molecular complexity index is 861. The summed E-state index contributed by atoms with van der Waals surface area (Å²) >= 11 is 5.80. The number of hydrogen-bond acceptors (Lipinski definition) is 5. The fraction of sp³-hybridized carbons (Fsp3) is 0.250. The molecule has 2 aliphatic rings. The van der Waals surface area contributed by atoms with Crippen LogP contribution in [-0.2, 0) is 9.59 Å². The number of urea groups is 1. The Labute approximate surface area is 154 Å². The van der Waals surface area contributed by atoms with E-state index < -0.39 is 23.9 Å². The minimum atomic E-state index is -0.798. The van der Waals surface area contributed by atoms with Crippen LogP contribution in [0.1, 0.15) is 5.56 Å². The van der Waals surface area contributed by atoms with E-state index in [-0.39, 0.29) is 6.54 Å². The Morgan fingerprint density at radius 3 is 2.69 bits per heavy atom. The lowest BCUT2D eigenvalue weighted by molar-refractivity contribution is -0.519. The molecular formula is C16H16ClN6O3+. The predicted molar refractivity (Wildman–Crippen MR) is 95.5 cm³/mol. The maximum absolute atomic E-state index is 12.3. The average molecular weight is 376 g/mol. The van der Waals surface area contributed by atoms with Gasteiger partial charge in [0, 0.05) is 19.1 Å². The van der Waals surface area contributed by atoms with Crippen molar-refractivity contribution in [2.24, 2.45) is 10.1 Å². The molecule has 1 saturated heterocycles. The summed E-state index contributed by atoms with van der Waals surface area (Å²) in [4.78, 5) is 42.7. The van der Waals surface area contributed by atoms with Crippen LogP contribution >= 0.6 is 11.6 Å². The molecule has 0 aromatic heterocycles. The fourth-order valence-electron chi connectivity index (χ4n) is 2.60. The van der Waals surface area contributed by atoms with Crippen LogP contribution in [0.4, 0.5) is 4.79 Å². The SMILES string of the molecule is CN1C(=O)C2C(=NC=[N+]2CC(=O)N/N=C/c2ccc(Cl)cc2)N(C)C1=O. The average Bonchev–Trinajstić information content (AvgIpc) is 3.03. The maximum atomic E-state index is 12.3. The first-order chi connectivity index (χ1) is 12.4. The van der Waals surface area contributed by atoms with Crippen molar-refractivity contribution >= 4 is 47.8 Å². The molecule has 1 fully saturated rings. The van der Waals surface area contributed by atoms with E-state index >= 15 is 0 Å². The van der Waals surface area contributed by atoms with Crippen molar-refractivity contribution in [1.82, 2.24) is 15.2 Å². The monoisotopic (exact) mass is 375 g/mol. The second-order valence-corrected chi connectivity index (χ2v) is 6.20. The zero-order valence-corrected chi connectivity index (χ0v) is 14.8. The molecule has 4 amide bonds. The van der Waals surface area contributed by atoms with Crippen LogP contribution in [-0.4, -0.2) is 77.3 Å². The Kier molecular flexibility index (Phi) is 4.81. The standard InChI is InChI=1S/C16H15ClN6O3/c1-21-14-13(15(25)22(2)16(21)26)23(9-18-14)8-12(24)20-19-7-10-3-5-11(17)6-4-10/h3-7,9,13H,8H2,1-2H3/p+1/b19-7+. The quantitative estimate of drug-likeness (QED) is 0.460. The molecule has 1 aromatic carbocycles. The summed E-state index contributed by atoms with van der Waals surface area (Å²) in [6.07, 6.45) is 2.86. The molecule has 1 aromatic rings. The zero-order valence-electron chi connectivity index (χ0n) is 14.1. The van der Waals surface area contributed by atoms with Crippen LogP contribution in [0.25, 0.3) is 0 Å². The second-order valence-electron chi connectivity index (χ2n) is 5.76. The molecule has 26 heavy (non-hydrogen) atoms. The lowest BCUT2D eigenvalue weighted by Gasteiger charge is -2.30. The summed E-state index contributed by atoms with van der Waals surface area (Å²) in [5.74, 6) is -0.549. The summed E-state index contributed by atoms with van der Waals surface area (Å²) < 4.78 is 1.46. The van der Waals surface area contributed by atoms with Crippen LogP contribution in [0.3, 0.4) is 0 Å². The first-order valence-corrected chi connectivity index (χ1v) is 8.06. The third kappa shape index (κ3) is 3.33. The number of halogens is 1. The van der Waals surface area contributed by atoms with Gasteiger partial charge in [0.15, 0.2) is 6.54 Å². The number of rotatable bonds is 4. The van der Waals surface area contributed by atoms with Gasteiger partial charge < -0.3 is 0 Å². The van der Waals surface area contributed by atoms with E-state index in [0.717, 1.165) is 10.5 Å². The van der Waals surface area contributed by atoms with E-state index in [0.29, 0.717) is 10.9 Å². The van der Waals surface area contributed by atoms with Gasteiger partial charge in [-0.1, -0.05) is 23.7 Å². The van der Waals surface area contributed by atoms with E-state index in [1.54, 1.807) is 24.3 Å². The number of hydrazone groups is 1. The van der Waals surface area contributed by atoms with Crippen molar-refractivity contribution in [3.8, 4) is 0 Å². The first-order valence-electron chi connectivity index (χ1n) is 7.68. The zero-order chi connectivity index (χ0) is 18.8. The number of amidine groups is 1. The molecule has 134 valence electrons. The van der Waals surface area contributed by atoms with E-state index in [1.807, 2.05) is 0 Å². The molecule has 2 aliphatic heterocycles. The molecule has 3 rings (SSSR count). The van der Waals surface area contributed by atoms with E-state index in [1.165, 1.54) is 36.1 Å². The highest BCUT2D eigenvalue weighted by Crippen LogP contribution is 2.16. The summed E-state index contributed by atoms with van der Waals surface area (Å²) in [5.41, 5.74) is 3.17. The number of nitrogens with one attached hydrogen (secondary N) is 1. The van der Waals surface area contributed by atoms with E-state index in [2.05, 4.69) is 15.5 Å². The van der Waals surface area contributed by atoms with Gasteiger partial charge in [-0.25, -0.2) is 14.8 Å². The van der Waals surface area contributed by atoms with E-state index in [9.17, 15) is 14.4 Å². The van der Waals surface area contributed by atoms with Crippen molar-refractivity contribution in [2.45, 2.75) is 6.04 Å². The molecule has 0 aliphatic carbocycles. The number of nitrogens with zero attached hydrogens (tertiary/aromatic N) is 5. The van der Waals surface area contributed by atoms with Crippen molar-refractivity contribution in [2.75, 3.05) is 20.6 Å². The number of benzene rings is 1. The lowest BCUT2D eigenvalue weighted by Crippen LogP contribution is -2.61. The molecular weight excluding hydrogens is 360 g/mol. The third-order valence-corrected chi connectivity index (χ3v) is 4.25. The van der Waals surface area contributed by atoms with Crippen LogP contribution in [0.2, 0.25) is 5.02 Å². The van der Waals surface area contributed by atoms with Crippen LogP contribution in [0.15, 0.2) is 34.4 Å². The van der Waals surface area contributed by atoms with Gasteiger partial charge in [-0.15, -0.1) is 0 Å². The summed E-state index contributed by atoms with van der Waals surface area (Å²) in [6.45, 7) is -0.128. The van der Waals surface area contributed by atoms with Gasteiger partial charge in [-0.2, -0.15) is 5.10 Å². The number of hydrogen-bond donors (Lipinski definition) is 1. The Morgan fingerprint density at radius 2 is 2.00 bits per heavy atom. The van der Waals surface area contributed by atoms with Gasteiger partial charge >= 0.3 is 6.03 Å². The van der Waals surface area contributed by atoms with Crippen molar-refractivity contribution in [1.29, 1.82) is 0 Å². The minimum absolute atomic E-state index is 0.128. The smallest absolute Gasteiger partial charge is 0.269 e. The summed E-state index contributed by atoms with van der Waals surface area (Å²) in [6, 6.07) is 5.69. The van der Waals surface area contributed by atoms with Gasteiger partial charge in [0.2, 0.25) is 0 Å². The number of carbonyl (C=O) groups excluding carboxylic acids is 3. The molecule has 1 atom stereocenters. The van der Waals surface area contributed by atoms with Crippen LogP contribution in [0, 0.1) is 0 Å². The molecule has 1 unspecified atom stereocenters. The molecule has 10 heteroatoms. The van der Waals surface area contributed by atoms with Crippen molar-refractivity contribution < 1.29 is 19.0 Å². The summed E-state index contributed by atoms with van der Waals surface area (Å²) in [7, 11) is 2.93. The largest absolute Gasteiger partial charge is 0.333 e. The third-order valence-electron chi connectivity index (χ3n) is 4.00. The Morgan fingerprint density at radius 1 is 1.31 bits per heavy atom.